The minimum absolute atomic E-state index is 0.0362. The van der Waals surface area contributed by atoms with Gasteiger partial charge in [0.15, 0.2) is 12.3 Å². The van der Waals surface area contributed by atoms with Crippen LogP contribution in [0.3, 0.4) is 0 Å². The lowest BCUT2D eigenvalue weighted by Gasteiger charge is -2.35. The van der Waals surface area contributed by atoms with E-state index in [1.165, 1.54) is 20.5 Å². The van der Waals surface area contributed by atoms with Crippen LogP contribution in [0.4, 0.5) is 4.79 Å². The average Bonchev–Trinajstić information content (AvgIpc) is 3.76. The first-order valence-corrected chi connectivity index (χ1v) is 17.9. The van der Waals surface area contributed by atoms with Crippen molar-refractivity contribution in [2.45, 2.75) is 75.9 Å². The molecule has 6 rings (SSSR count). The quantitative estimate of drug-likeness (QED) is 0.236. The molecule has 6 amide bonds. The molecule has 2 saturated heterocycles. The Morgan fingerprint density at radius 3 is 2.22 bits per heavy atom. The zero-order valence-electron chi connectivity index (χ0n) is 28.6. The number of carbonyl (C=O) groups is 6. The predicted octanol–water partition coefficient (Wildman–Crippen LogP) is 1.14. The summed E-state index contributed by atoms with van der Waals surface area (Å²) in [7, 11) is 0. The summed E-state index contributed by atoms with van der Waals surface area (Å²) in [6.07, 6.45) is 5.98. The van der Waals surface area contributed by atoms with Crippen LogP contribution in [-0.4, -0.2) is 129 Å². The average molecular weight is 707 g/mol. The van der Waals surface area contributed by atoms with E-state index in [4.69, 9.17) is 4.74 Å². The van der Waals surface area contributed by atoms with Crippen molar-refractivity contribution in [2.24, 2.45) is 5.92 Å². The number of aromatic nitrogens is 2. The van der Waals surface area contributed by atoms with Crippen molar-refractivity contribution in [3.63, 3.8) is 0 Å². The van der Waals surface area contributed by atoms with Crippen LogP contribution in [0, 0.1) is 5.92 Å². The molecule has 0 spiro atoms. The Bertz CT molecular complexity index is 1600. The van der Waals surface area contributed by atoms with Gasteiger partial charge in [-0.2, -0.15) is 5.10 Å². The number of carbonyl (C=O) groups excluding carboxylic acids is 5. The number of amides is 6. The number of nitrogens with zero attached hydrogens (tertiary/aromatic N) is 5. The van der Waals surface area contributed by atoms with E-state index < -0.39 is 30.0 Å². The Kier molecular flexibility index (Phi) is 11.4. The number of benzene rings is 1. The maximum Gasteiger partial charge on any atom is 0.407 e. The summed E-state index contributed by atoms with van der Waals surface area (Å²) in [5.41, 5.74) is 0.507. The molecule has 3 heterocycles. The second kappa shape index (κ2) is 16.2. The third-order valence-corrected chi connectivity index (χ3v) is 10.3. The molecule has 51 heavy (non-hydrogen) atoms. The van der Waals surface area contributed by atoms with E-state index in [0.717, 1.165) is 38.5 Å². The normalized spacial score (nSPS) is 19.8. The fraction of sp³-hybridized carbons (Fsp3) is 0.571. The van der Waals surface area contributed by atoms with Gasteiger partial charge in [-0.15, -0.1) is 0 Å². The van der Waals surface area contributed by atoms with Crippen LogP contribution in [0.15, 0.2) is 36.4 Å². The number of likely N-dealkylation sites (tertiary alicyclic amines) is 1. The molecular weight excluding hydrogens is 660 g/mol. The van der Waals surface area contributed by atoms with Crippen molar-refractivity contribution in [3.05, 3.63) is 42.1 Å². The second-order valence-corrected chi connectivity index (χ2v) is 13.6. The number of para-hydroxylation sites is 1. The third kappa shape index (κ3) is 8.60. The third-order valence-electron chi connectivity index (χ3n) is 10.3. The summed E-state index contributed by atoms with van der Waals surface area (Å²) in [5.74, 6) is -1.55. The maximum absolute atomic E-state index is 13.7. The van der Waals surface area contributed by atoms with E-state index in [1.807, 2.05) is 6.07 Å². The molecule has 2 aromatic rings. The van der Waals surface area contributed by atoms with E-state index in [-0.39, 0.29) is 87.0 Å². The number of piperazine rings is 1. The van der Waals surface area contributed by atoms with E-state index in [2.05, 4.69) is 21.0 Å². The number of nitrogens with one attached hydrogen (secondary N) is 3. The van der Waals surface area contributed by atoms with Crippen molar-refractivity contribution in [3.8, 4) is 11.6 Å². The molecule has 16 nitrogen and oxygen atoms in total. The SMILES string of the molecule is O=C(N[C@@H](CCNC(=O)C1CCC1)C(=O)N1CCN(C(=O)O)CC1)c1cc(OCC(=O)N2CCC[C@H]2C(=O)NC2CCC2)n(-c2ccccc2)n1. The first-order valence-electron chi connectivity index (χ1n) is 17.9. The summed E-state index contributed by atoms with van der Waals surface area (Å²) in [5, 5.41) is 22.5. The van der Waals surface area contributed by atoms with Crippen LogP contribution in [0.25, 0.3) is 5.69 Å². The van der Waals surface area contributed by atoms with Gasteiger partial charge < -0.3 is 40.5 Å². The summed E-state index contributed by atoms with van der Waals surface area (Å²) >= 11 is 0. The van der Waals surface area contributed by atoms with Crippen molar-refractivity contribution in [2.75, 3.05) is 45.9 Å². The first kappa shape index (κ1) is 35.7. The highest BCUT2D eigenvalue weighted by Gasteiger charge is 2.36. The van der Waals surface area contributed by atoms with Crippen LogP contribution in [0.1, 0.15) is 68.3 Å². The minimum atomic E-state index is -1.06. The van der Waals surface area contributed by atoms with Gasteiger partial charge in [-0.3, -0.25) is 24.0 Å². The van der Waals surface area contributed by atoms with Gasteiger partial charge in [0.2, 0.25) is 23.6 Å². The molecule has 1 aromatic heterocycles. The number of hydrogen-bond acceptors (Lipinski definition) is 8. The van der Waals surface area contributed by atoms with Crippen molar-refractivity contribution in [1.82, 2.24) is 40.4 Å². The Balaban J connectivity index is 1.14. The van der Waals surface area contributed by atoms with Gasteiger partial charge in [0.1, 0.15) is 12.1 Å². The fourth-order valence-electron chi connectivity index (χ4n) is 6.72. The molecule has 2 atom stereocenters. The van der Waals surface area contributed by atoms with Crippen molar-refractivity contribution < 1.29 is 38.6 Å². The number of carboxylic acid groups (broad SMARTS) is 1. The van der Waals surface area contributed by atoms with Gasteiger partial charge in [0.25, 0.3) is 11.8 Å². The van der Waals surface area contributed by atoms with E-state index >= 15 is 0 Å². The molecule has 274 valence electrons. The lowest BCUT2D eigenvalue weighted by molar-refractivity contribution is -0.140. The van der Waals surface area contributed by atoms with Gasteiger partial charge in [-0.1, -0.05) is 24.6 Å². The van der Waals surface area contributed by atoms with Crippen LogP contribution < -0.4 is 20.7 Å². The van der Waals surface area contributed by atoms with Gasteiger partial charge in [0, 0.05) is 57.3 Å². The summed E-state index contributed by atoms with van der Waals surface area (Å²) < 4.78 is 7.36. The van der Waals surface area contributed by atoms with Gasteiger partial charge in [-0.25, -0.2) is 9.48 Å². The predicted molar refractivity (Wildman–Crippen MR) is 182 cm³/mol. The number of hydrogen-bond donors (Lipinski definition) is 4. The Morgan fingerprint density at radius 2 is 1.57 bits per heavy atom. The van der Waals surface area contributed by atoms with E-state index in [9.17, 15) is 33.9 Å². The molecule has 1 aromatic carbocycles. The minimum Gasteiger partial charge on any atom is -0.467 e. The number of ether oxygens (including phenoxy) is 1. The fourth-order valence-corrected chi connectivity index (χ4v) is 6.72. The smallest absolute Gasteiger partial charge is 0.407 e. The Labute approximate surface area is 295 Å². The Hall–Kier alpha value is -5.15. The zero-order valence-corrected chi connectivity index (χ0v) is 28.6. The number of rotatable bonds is 13. The molecule has 0 unspecified atom stereocenters. The highest BCUT2D eigenvalue weighted by molar-refractivity contribution is 5.96. The molecule has 4 fully saturated rings. The van der Waals surface area contributed by atoms with Crippen LogP contribution in [-0.2, 0) is 19.2 Å². The second-order valence-electron chi connectivity index (χ2n) is 13.6. The lowest BCUT2D eigenvalue weighted by Crippen LogP contribution is -2.56. The van der Waals surface area contributed by atoms with Crippen LogP contribution in [0.5, 0.6) is 5.88 Å². The first-order chi connectivity index (χ1) is 24.7. The van der Waals surface area contributed by atoms with Crippen molar-refractivity contribution >= 4 is 35.6 Å². The summed E-state index contributed by atoms with van der Waals surface area (Å²) in [6.45, 7) is 0.845. The van der Waals surface area contributed by atoms with Gasteiger partial charge in [0.05, 0.1) is 5.69 Å². The van der Waals surface area contributed by atoms with E-state index in [1.54, 1.807) is 29.2 Å². The lowest BCUT2D eigenvalue weighted by atomic mass is 9.85. The van der Waals surface area contributed by atoms with E-state index in [0.29, 0.717) is 25.1 Å². The van der Waals surface area contributed by atoms with Crippen LogP contribution >= 0.6 is 0 Å². The zero-order chi connectivity index (χ0) is 35.9. The standard InChI is InChI=1S/C35H46N8O8/c44-29(42-16-6-13-28(42)33(47)37-24-9-5-10-24)22-51-30-21-27(39-43(30)25-11-2-1-3-12-25)32(46)38-26(14-15-36-31(45)23-7-4-8-23)34(48)40-17-19-41(20-18-40)35(49)50/h1-3,11-12,21,23-24,26,28H,4-10,13-20,22H2,(H,36,45)(H,37,47)(H,38,46)(H,49,50)/t26-,28-/m0/s1. The molecule has 0 radical (unpaired) electrons. The highest BCUT2D eigenvalue weighted by Crippen LogP contribution is 2.26. The topological polar surface area (TPSA) is 196 Å². The molecule has 4 aliphatic rings. The van der Waals surface area contributed by atoms with Crippen molar-refractivity contribution in [1.29, 1.82) is 0 Å². The molecule has 16 heteroatoms. The molecule has 2 aliphatic carbocycles. The molecule has 4 N–H and O–H groups in total. The molecule has 0 bridgehead atoms. The van der Waals surface area contributed by atoms with Gasteiger partial charge in [-0.05, 0) is 63.5 Å². The maximum atomic E-state index is 13.7. The monoisotopic (exact) mass is 706 g/mol. The highest BCUT2D eigenvalue weighted by atomic mass is 16.5. The summed E-state index contributed by atoms with van der Waals surface area (Å²) in [6, 6.07) is 8.91. The molecular formula is C35H46N8O8. The van der Waals surface area contributed by atoms with Crippen LogP contribution in [0.2, 0.25) is 0 Å². The summed E-state index contributed by atoms with van der Waals surface area (Å²) in [4.78, 5) is 81.8. The Morgan fingerprint density at radius 1 is 0.863 bits per heavy atom. The largest absolute Gasteiger partial charge is 0.467 e. The molecule has 2 saturated carbocycles. The van der Waals surface area contributed by atoms with Gasteiger partial charge >= 0.3 is 6.09 Å². The molecule has 2 aliphatic heterocycles.